The molecule has 4 rings (SSSR count). The van der Waals surface area contributed by atoms with Crippen molar-refractivity contribution >= 4 is 16.6 Å². The van der Waals surface area contributed by atoms with Crippen LogP contribution in [0.4, 0.5) is 5.69 Å². The van der Waals surface area contributed by atoms with Crippen molar-refractivity contribution in [2.24, 2.45) is 4.99 Å². The Kier molecular flexibility index (Phi) is 4.58. The van der Waals surface area contributed by atoms with Gasteiger partial charge in [-0.25, -0.2) is 9.79 Å². The summed E-state index contributed by atoms with van der Waals surface area (Å²) in [6.45, 7) is 0.437. The Bertz CT molecular complexity index is 1190. The van der Waals surface area contributed by atoms with Gasteiger partial charge in [0.15, 0.2) is 0 Å². The van der Waals surface area contributed by atoms with Gasteiger partial charge in [0.1, 0.15) is 5.75 Å². The zero-order valence-corrected chi connectivity index (χ0v) is 14.8. The first-order valence-corrected chi connectivity index (χ1v) is 8.60. The Morgan fingerprint density at radius 3 is 2.37 bits per heavy atom. The molecular weight excluding hydrogens is 340 g/mol. The summed E-state index contributed by atoms with van der Waals surface area (Å²) in [6.07, 6.45) is 0. The minimum Gasteiger partial charge on any atom is -0.497 e. The van der Waals surface area contributed by atoms with Crippen LogP contribution >= 0.6 is 0 Å². The van der Waals surface area contributed by atoms with Gasteiger partial charge in [0.05, 0.1) is 30.2 Å². The van der Waals surface area contributed by atoms with Gasteiger partial charge >= 0.3 is 5.76 Å². The third-order valence-corrected chi connectivity index (χ3v) is 4.32. The zero-order valence-electron chi connectivity index (χ0n) is 14.8. The second-order valence-corrected chi connectivity index (χ2v) is 6.07. The van der Waals surface area contributed by atoms with E-state index in [1.165, 1.54) is 0 Å². The maximum Gasteiger partial charge on any atom is 0.421 e. The van der Waals surface area contributed by atoms with Crippen LogP contribution in [0, 0.1) is 0 Å². The Morgan fingerprint density at radius 2 is 1.63 bits per heavy atom. The summed E-state index contributed by atoms with van der Waals surface area (Å²) in [5, 5.41) is 0.781. The highest BCUT2D eigenvalue weighted by Gasteiger charge is 2.08. The van der Waals surface area contributed by atoms with Gasteiger partial charge in [0.2, 0.25) is 5.55 Å². The minimum atomic E-state index is -0.440. The lowest BCUT2D eigenvalue weighted by Gasteiger charge is -2.09. The van der Waals surface area contributed by atoms with E-state index < -0.39 is 5.76 Å². The van der Waals surface area contributed by atoms with Gasteiger partial charge in [0.25, 0.3) is 0 Å². The Balaban J connectivity index is 1.87. The average Bonchev–Trinajstić information content (AvgIpc) is 2.72. The van der Waals surface area contributed by atoms with Crippen molar-refractivity contribution in [2.75, 3.05) is 7.11 Å². The van der Waals surface area contributed by atoms with Crippen molar-refractivity contribution in [3.63, 3.8) is 0 Å². The van der Waals surface area contributed by atoms with Gasteiger partial charge in [-0.2, -0.15) is 0 Å². The first-order chi connectivity index (χ1) is 13.2. The van der Waals surface area contributed by atoms with Crippen molar-refractivity contribution in [2.45, 2.75) is 6.54 Å². The van der Waals surface area contributed by atoms with Crippen molar-refractivity contribution < 1.29 is 9.15 Å². The number of fused-ring (bicyclic) bond motifs is 1. The molecule has 0 saturated heterocycles. The minimum absolute atomic E-state index is 0.296. The second kappa shape index (κ2) is 7.33. The molecule has 1 aromatic heterocycles. The number of ether oxygens (including phenoxy) is 1. The molecule has 134 valence electrons. The highest BCUT2D eigenvalue weighted by molar-refractivity contribution is 5.77. The van der Waals surface area contributed by atoms with Crippen LogP contribution in [0.25, 0.3) is 10.9 Å². The van der Waals surface area contributed by atoms with E-state index in [1.54, 1.807) is 11.7 Å². The van der Waals surface area contributed by atoms with Gasteiger partial charge in [-0.05, 0) is 42.0 Å². The molecule has 0 bridgehead atoms. The Labute approximate surface area is 155 Å². The van der Waals surface area contributed by atoms with Crippen LogP contribution in [0.5, 0.6) is 5.75 Å². The average molecular weight is 358 g/mol. The van der Waals surface area contributed by atoms with Crippen molar-refractivity contribution in [1.29, 1.82) is 0 Å². The third kappa shape index (κ3) is 3.53. The quantitative estimate of drug-likeness (QED) is 0.556. The predicted molar refractivity (Wildman–Crippen MR) is 104 cm³/mol. The molecule has 0 spiro atoms. The zero-order chi connectivity index (χ0) is 18.6. The molecule has 0 unspecified atom stereocenters. The number of methoxy groups -OCH3 is 1. The summed E-state index contributed by atoms with van der Waals surface area (Å²) in [6, 6.07) is 24.7. The monoisotopic (exact) mass is 358 g/mol. The molecule has 0 aliphatic heterocycles. The lowest BCUT2D eigenvalue weighted by atomic mass is 10.2. The molecule has 5 nitrogen and oxygen atoms in total. The van der Waals surface area contributed by atoms with Crippen molar-refractivity contribution in [3.8, 4) is 5.75 Å². The molecule has 0 aliphatic carbocycles. The van der Waals surface area contributed by atoms with Crippen molar-refractivity contribution in [1.82, 2.24) is 4.57 Å². The SMILES string of the molecule is COc1ccc(N=c2oc(=O)n(Cc3ccccc3)c3ccccc23)cc1. The molecule has 0 radical (unpaired) electrons. The summed E-state index contributed by atoms with van der Waals surface area (Å²) in [4.78, 5) is 17.2. The normalized spacial score (nSPS) is 11.7. The van der Waals surface area contributed by atoms with Crippen LogP contribution in [0.3, 0.4) is 0 Å². The molecule has 0 N–H and O–H groups in total. The van der Waals surface area contributed by atoms with E-state index in [2.05, 4.69) is 4.99 Å². The maximum absolute atomic E-state index is 12.7. The molecule has 1 heterocycles. The molecule has 27 heavy (non-hydrogen) atoms. The Morgan fingerprint density at radius 1 is 0.926 bits per heavy atom. The molecule has 0 aliphatic rings. The summed E-state index contributed by atoms with van der Waals surface area (Å²) >= 11 is 0. The fourth-order valence-corrected chi connectivity index (χ4v) is 2.95. The summed E-state index contributed by atoms with van der Waals surface area (Å²) in [5.74, 6) is 0.304. The lowest BCUT2D eigenvalue weighted by Crippen LogP contribution is -2.26. The molecule has 0 fully saturated rings. The molecule has 4 aromatic rings. The maximum atomic E-state index is 12.7. The van der Waals surface area contributed by atoms with E-state index in [0.29, 0.717) is 17.8 Å². The van der Waals surface area contributed by atoms with E-state index in [0.717, 1.165) is 22.2 Å². The fraction of sp³-hybridized carbons (Fsp3) is 0.0909. The molecule has 5 heteroatoms. The number of nitrogens with zero attached hydrogens (tertiary/aromatic N) is 2. The van der Waals surface area contributed by atoms with Gasteiger partial charge < -0.3 is 9.15 Å². The topological polar surface area (TPSA) is 56.7 Å². The molecule has 0 amide bonds. The third-order valence-electron chi connectivity index (χ3n) is 4.32. The van der Waals surface area contributed by atoms with Gasteiger partial charge in [-0.3, -0.25) is 4.57 Å². The van der Waals surface area contributed by atoms with Crippen LogP contribution < -0.4 is 16.0 Å². The van der Waals surface area contributed by atoms with E-state index in [4.69, 9.17) is 9.15 Å². The molecule has 0 saturated carbocycles. The van der Waals surface area contributed by atoms with Gasteiger partial charge in [-0.15, -0.1) is 0 Å². The second-order valence-electron chi connectivity index (χ2n) is 6.07. The number of rotatable bonds is 4. The summed E-state index contributed by atoms with van der Waals surface area (Å²) in [5.41, 5.74) is 2.79. The van der Waals surface area contributed by atoms with E-state index in [-0.39, 0.29) is 0 Å². The van der Waals surface area contributed by atoms with Crippen LogP contribution in [-0.2, 0) is 6.54 Å². The highest BCUT2D eigenvalue weighted by atomic mass is 16.5. The van der Waals surface area contributed by atoms with Crippen LogP contribution in [0.2, 0.25) is 0 Å². The standard InChI is InChI=1S/C22H18N2O3/c1-26-18-13-11-17(12-14-18)23-21-19-9-5-6-10-20(19)24(22(25)27-21)15-16-7-3-2-4-8-16/h2-14H,15H2,1H3. The molecule has 0 atom stereocenters. The van der Waals surface area contributed by atoms with Gasteiger partial charge in [-0.1, -0.05) is 42.5 Å². The van der Waals surface area contributed by atoms with E-state index in [1.807, 2.05) is 78.9 Å². The van der Waals surface area contributed by atoms with Crippen LogP contribution in [0.1, 0.15) is 5.56 Å². The van der Waals surface area contributed by atoms with Gasteiger partial charge in [0, 0.05) is 0 Å². The lowest BCUT2D eigenvalue weighted by molar-refractivity contribution is 0.413. The number of aromatic nitrogens is 1. The first-order valence-electron chi connectivity index (χ1n) is 8.60. The number of hydrogen-bond acceptors (Lipinski definition) is 4. The molecule has 3 aromatic carbocycles. The van der Waals surface area contributed by atoms with Crippen LogP contribution in [0.15, 0.2) is 93.1 Å². The predicted octanol–water partition coefficient (Wildman–Crippen LogP) is 3.88. The van der Waals surface area contributed by atoms with Crippen LogP contribution in [-0.4, -0.2) is 11.7 Å². The number of benzene rings is 3. The summed E-state index contributed by atoms with van der Waals surface area (Å²) in [7, 11) is 1.61. The number of para-hydroxylation sites is 1. The van der Waals surface area contributed by atoms with E-state index >= 15 is 0 Å². The van der Waals surface area contributed by atoms with Crippen molar-refractivity contribution in [3.05, 3.63) is 101 Å². The molecular formula is C22H18N2O3. The highest BCUT2D eigenvalue weighted by Crippen LogP contribution is 2.18. The summed E-state index contributed by atoms with van der Waals surface area (Å²) < 4.78 is 12.3. The largest absolute Gasteiger partial charge is 0.497 e. The smallest absolute Gasteiger partial charge is 0.421 e. The first kappa shape index (κ1) is 16.8. The van der Waals surface area contributed by atoms with E-state index in [9.17, 15) is 4.79 Å². The number of hydrogen-bond donors (Lipinski definition) is 0. The fourth-order valence-electron chi connectivity index (χ4n) is 2.95. The Hall–Kier alpha value is -3.60.